The second-order valence-corrected chi connectivity index (χ2v) is 7.24. The van der Waals surface area contributed by atoms with E-state index in [1.165, 1.54) is 0 Å². The van der Waals surface area contributed by atoms with Crippen molar-refractivity contribution >= 4 is 29.2 Å². The third-order valence-electron chi connectivity index (χ3n) is 4.73. The summed E-state index contributed by atoms with van der Waals surface area (Å²) in [6, 6.07) is 9.50. The van der Waals surface area contributed by atoms with Gasteiger partial charge in [0.15, 0.2) is 0 Å². The van der Waals surface area contributed by atoms with Crippen LogP contribution in [0.3, 0.4) is 0 Å². The number of likely N-dealkylation sites (tertiary alicyclic amines) is 1. The molecule has 132 valence electrons. The molecule has 2 aromatic rings. The van der Waals surface area contributed by atoms with Gasteiger partial charge in [-0.25, -0.2) is 0 Å². The molecule has 6 heteroatoms. The van der Waals surface area contributed by atoms with E-state index < -0.39 is 5.97 Å². The molecule has 1 aromatic heterocycles. The van der Waals surface area contributed by atoms with Crippen LogP contribution in [0.1, 0.15) is 35.7 Å². The van der Waals surface area contributed by atoms with Crippen molar-refractivity contribution in [2.45, 2.75) is 25.8 Å². The Morgan fingerprint density at radius 3 is 2.56 bits per heavy atom. The number of rotatable bonds is 4. The lowest BCUT2D eigenvalue weighted by Gasteiger charge is -2.37. The highest BCUT2D eigenvalue weighted by molar-refractivity contribution is 6.42. The molecule has 1 aliphatic heterocycles. The molecule has 1 fully saturated rings. The van der Waals surface area contributed by atoms with E-state index in [-0.39, 0.29) is 12.0 Å². The summed E-state index contributed by atoms with van der Waals surface area (Å²) < 4.78 is 0. The molecule has 0 spiro atoms. The van der Waals surface area contributed by atoms with Gasteiger partial charge in [0.05, 0.1) is 27.7 Å². The topological polar surface area (TPSA) is 53.4 Å². The molecule has 1 aromatic carbocycles. The second-order valence-electron chi connectivity index (χ2n) is 6.45. The monoisotopic (exact) mass is 378 g/mol. The Morgan fingerprint density at radius 1 is 1.24 bits per heavy atom. The number of pyridine rings is 1. The Balaban J connectivity index is 1.97. The van der Waals surface area contributed by atoms with E-state index in [1.807, 2.05) is 37.4 Å². The summed E-state index contributed by atoms with van der Waals surface area (Å²) >= 11 is 12.7. The average molecular weight is 379 g/mol. The van der Waals surface area contributed by atoms with Crippen molar-refractivity contribution in [3.8, 4) is 0 Å². The first-order chi connectivity index (χ1) is 12.0. The van der Waals surface area contributed by atoms with E-state index in [4.69, 9.17) is 23.2 Å². The lowest BCUT2D eigenvalue weighted by Crippen LogP contribution is -2.39. The van der Waals surface area contributed by atoms with Gasteiger partial charge in [0.2, 0.25) is 0 Å². The van der Waals surface area contributed by atoms with Crippen LogP contribution in [0, 0.1) is 12.8 Å². The molecule has 0 saturated carbocycles. The number of carbonyl (C=O) groups is 1. The fraction of sp³-hybridized carbons (Fsp3) is 0.368. The van der Waals surface area contributed by atoms with Gasteiger partial charge in [-0.15, -0.1) is 0 Å². The number of halogens is 2. The number of benzene rings is 1. The largest absolute Gasteiger partial charge is 0.481 e. The number of carboxylic acids is 1. The van der Waals surface area contributed by atoms with Crippen LogP contribution in [0.2, 0.25) is 10.0 Å². The molecule has 2 heterocycles. The molecule has 3 rings (SSSR count). The van der Waals surface area contributed by atoms with Crippen molar-refractivity contribution in [3.05, 3.63) is 63.4 Å². The quantitative estimate of drug-likeness (QED) is 0.845. The van der Waals surface area contributed by atoms with Gasteiger partial charge in [-0.2, -0.15) is 0 Å². The number of nitrogens with zero attached hydrogens (tertiary/aromatic N) is 2. The number of aliphatic carboxylic acids is 1. The standard InChI is InChI=1S/C19H20Cl2N2O2/c1-12-5-6-16(22-11-12)18(14-3-2-4-15(20)17(14)21)23-9-7-13(8-10-23)19(24)25/h2-6,11,13,18H,7-10H2,1H3,(H,24,25). The number of piperidine rings is 1. The molecule has 1 unspecified atom stereocenters. The number of aromatic nitrogens is 1. The minimum Gasteiger partial charge on any atom is -0.481 e. The van der Waals surface area contributed by atoms with Gasteiger partial charge in [-0.3, -0.25) is 14.7 Å². The summed E-state index contributed by atoms with van der Waals surface area (Å²) in [4.78, 5) is 18.1. The summed E-state index contributed by atoms with van der Waals surface area (Å²) in [5, 5.41) is 10.3. The first-order valence-corrected chi connectivity index (χ1v) is 9.06. The van der Waals surface area contributed by atoms with Crippen LogP contribution < -0.4 is 0 Å². The van der Waals surface area contributed by atoms with Crippen LogP contribution >= 0.6 is 23.2 Å². The lowest BCUT2D eigenvalue weighted by atomic mass is 9.93. The van der Waals surface area contributed by atoms with Gasteiger partial charge in [-0.1, -0.05) is 41.4 Å². The molecule has 0 radical (unpaired) electrons. The molecule has 1 saturated heterocycles. The Bertz CT molecular complexity index is 757. The highest BCUT2D eigenvalue weighted by Crippen LogP contribution is 2.37. The lowest BCUT2D eigenvalue weighted by molar-refractivity contribution is -0.143. The van der Waals surface area contributed by atoms with Gasteiger partial charge < -0.3 is 5.11 Å². The smallest absolute Gasteiger partial charge is 0.306 e. The first kappa shape index (κ1) is 18.2. The molecule has 4 nitrogen and oxygen atoms in total. The van der Waals surface area contributed by atoms with Crippen molar-refractivity contribution in [2.75, 3.05) is 13.1 Å². The normalized spacial score (nSPS) is 17.4. The Kier molecular flexibility index (Phi) is 5.62. The summed E-state index contributed by atoms with van der Waals surface area (Å²) in [5.41, 5.74) is 2.88. The molecule has 25 heavy (non-hydrogen) atoms. The predicted octanol–water partition coefficient (Wildman–Crippen LogP) is 4.58. The van der Waals surface area contributed by atoms with Crippen LogP contribution in [-0.2, 0) is 4.79 Å². The molecular weight excluding hydrogens is 359 g/mol. The molecule has 1 N–H and O–H groups in total. The molecule has 0 aliphatic carbocycles. The molecular formula is C19H20Cl2N2O2. The third kappa shape index (κ3) is 3.97. The van der Waals surface area contributed by atoms with E-state index in [0.29, 0.717) is 36.0 Å². The van der Waals surface area contributed by atoms with Crippen LogP contribution in [0.5, 0.6) is 0 Å². The summed E-state index contributed by atoms with van der Waals surface area (Å²) in [5.74, 6) is -0.997. The maximum Gasteiger partial charge on any atom is 0.306 e. The second kappa shape index (κ2) is 7.73. The van der Waals surface area contributed by atoms with E-state index in [9.17, 15) is 9.90 Å². The Labute approximate surface area is 157 Å². The minimum atomic E-state index is -0.717. The van der Waals surface area contributed by atoms with E-state index in [0.717, 1.165) is 16.8 Å². The highest BCUT2D eigenvalue weighted by Gasteiger charge is 2.32. The van der Waals surface area contributed by atoms with Crippen molar-refractivity contribution < 1.29 is 9.90 Å². The summed E-state index contributed by atoms with van der Waals surface area (Å²) in [6.07, 6.45) is 3.08. The maximum absolute atomic E-state index is 11.2. The number of aryl methyl sites for hydroxylation is 1. The predicted molar refractivity (Wildman–Crippen MR) is 99.2 cm³/mol. The minimum absolute atomic E-state index is 0.137. The van der Waals surface area contributed by atoms with Gasteiger partial charge in [-0.05, 0) is 56.1 Å². The van der Waals surface area contributed by atoms with Crippen molar-refractivity contribution in [3.63, 3.8) is 0 Å². The zero-order chi connectivity index (χ0) is 18.0. The van der Waals surface area contributed by atoms with Crippen LogP contribution in [0.4, 0.5) is 0 Å². The molecule has 1 atom stereocenters. The fourth-order valence-electron chi connectivity index (χ4n) is 3.32. The van der Waals surface area contributed by atoms with Gasteiger partial charge in [0, 0.05) is 6.20 Å². The van der Waals surface area contributed by atoms with E-state index in [1.54, 1.807) is 6.07 Å². The number of carboxylic acid groups (broad SMARTS) is 1. The van der Waals surface area contributed by atoms with Gasteiger partial charge >= 0.3 is 5.97 Å². The van der Waals surface area contributed by atoms with Gasteiger partial charge in [0.1, 0.15) is 0 Å². The Hall–Kier alpha value is -1.62. The van der Waals surface area contributed by atoms with Crippen molar-refractivity contribution in [1.29, 1.82) is 0 Å². The Morgan fingerprint density at radius 2 is 1.96 bits per heavy atom. The fourth-order valence-corrected chi connectivity index (χ4v) is 3.73. The zero-order valence-corrected chi connectivity index (χ0v) is 15.5. The van der Waals surface area contributed by atoms with Crippen LogP contribution in [0.15, 0.2) is 36.5 Å². The number of hydrogen-bond acceptors (Lipinski definition) is 3. The van der Waals surface area contributed by atoms with Crippen molar-refractivity contribution in [1.82, 2.24) is 9.88 Å². The molecule has 1 aliphatic rings. The zero-order valence-electron chi connectivity index (χ0n) is 14.0. The third-order valence-corrected chi connectivity index (χ3v) is 5.57. The van der Waals surface area contributed by atoms with E-state index in [2.05, 4.69) is 9.88 Å². The average Bonchev–Trinajstić information content (AvgIpc) is 2.61. The molecule has 0 amide bonds. The summed E-state index contributed by atoms with van der Waals surface area (Å²) in [7, 11) is 0. The van der Waals surface area contributed by atoms with Crippen molar-refractivity contribution in [2.24, 2.45) is 5.92 Å². The molecule has 0 bridgehead atoms. The highest BCUT2D eigenvalue weighted by atomic mass is 35.5. The SMILES string of the molecule is Cc1ccc(C(c2cccc(Cl)c2Cl)N2CCC(C(=O)O)CC2)nc1. The first-order valence-electron chi connectivity index (χ1n) is 8.30. The summed E-state index contributed by atoms with van der Waals surface area (Å²) in [6.45, 7) is 3.36. The van der Waals surface area contributed by atoms with E-state index >= 15 is 0 Å². The van der Waals surface area contributed by atoms with Gasteiger partial charge in [0.25, 0.3) is 0 Å². The van der Waals surface area contributed by atoms with Crippen LogP contribution in [-0.4, -0.2) is 34.0 Å². The maximum atomic E-state index is 11.2. The number of hydrogen-bond donors (Lipinski definition) is 1. The van der Waals surface area contributed by atoms with Crippen LogP contribution in [0.25, 0.3) is 0 Å².